The van der Waals surface area contributed by atoms with Gasteiger partial charge in [-0.15, -0.1) is 0 Å². The van der Waals surface area contributed by atoms with Crippen molar-refractivity contribution in [3.8, 4) is 0 Å². The number of aryl methyl sites for hydroxylation is 1. The van der Waals surface area contributed by atoms with Crippen LogP contribution in [-0.4, -0.2) is 35.1 Å². The summed E-state index contributed by atoms with van der Waals surface area (Å²) in [5.74, 6) is -0.266. The Morgan fingerprint density at radius 3 is 2.82 bits per heavy atom. The number of hydrogen-bond donors (Lipinski definition) is 0. The molecule has 2 atom stereocenters. The zero-order chi connectivity index (χ0) is 12.6. The van der Waals surface area contributed by atoms with Gasteiger partial charge in [-0.1, -0.05) is 18.5 Å². The number of aromatic nitrogens is 1. The summed E-state index contributed by atoms with van der Waals surface area (Å²) in [5, 5.41) is 0.359. The highest BCUT2D eigenvalue weighted by Crippen LogP contribution is 2.22. The third-order valence-corrected chi connectivity index (χ3v) is 3.32. The van der Waals surface area contributed by atoms with Crippen LogP contribution in [0.2, 0.25) is 5.15 Å². The molecule has 5 heteroatoms. The maximum absolute atomic E-state index is 13.4. The minimum atomic E-state index is -0.931. The number of amides is 1. The summed E-state index contributed by atoms with van der Waals surface area (Å²) in [4.78, 5) is 17.6. The summed E-state index contributed by atoms with van der Waals surface area (Å²) < 4.78 is 13.4. The van der Waals surface area contributed by atoms with Crippen molar-refractivity contribution >= 4 is 17.5 Å². The first-order chi connectivity index (χ1) is 7.99. The molecule has 17 heavy (non-hydrogen) atoms. The second-order valence-corrected chi connectivity index (χ2v) is 4.91. The van der Waals surface area contributed by atoms with Gasteiger partial charge in [-0.25, -0.2) is 9.37 Å². The standard InChI is InChI=1S/C12H14ClFN2O/c1-7-3-11(13)15-4-9(7)12(17)16-5-8(2)10(14)6-16/h3-4,8,10H,5-6H2,1-2H3/t8-,10?/m1/s1. The van der Waals surface area contributed by atoms with Crippen LogP contribution in [0.1, 0.15) is 22.8 Å². The average molecular weight is 257 g/mol. The van der Waals surface area contributed by atoms with Gasteiger partial charge in [0, 0.05) is 18.7 Å². The Bertz CT molecular complexity index is 442. The molecule has 1 unspecified atom stereocenters. The van der Waals surface area contributed by atoms with Crippen molar-refractivity contribution < 1.29 is 9.18 Å². The second kappa shape index (κ2) is 4.61. The van der Waals surface area contributed by atoms with Gasteiger partial charge in [0.2, 0.25) is 0 Å². The van der Waals surface area contributed by atoms with Crippen molar-refractivity contribution in [2.45, 2.75) is 20.0 Å². The zero-order valence-corrected chi connectivity index (χ0v) is 10.5. The molecule has 92 valence electrons. The van der Waals surface area contributed by atoms with Crippen molar-refractivity contribution in [2.24, 2.45) is 5.92 Å². The first kappa shape index (κ1) is 12.3. The van der Waals surface area contributed by atoms with Crippen LogP contribution in [0.25, 0.3) is 0 Å². The van der Waals surface area contributed by atoms with Crippen molar-refractivity contribution in [3.63, 3.8) is 0 Å². The molecule has 1 aliphatic rings. The van der Waals surface area contributed by atoms with Crippen LogP contribution in [0.5, 0.6) is 0 Å². The van der Waals surface area contributed by atoms with E-state index in [0.717, 1.165) is 5.56 Å². The van der Waals surface area contributed by atoms with E-state index >= 15 is 0 Å². The lowest BCUT2D eigenvalue weighted by Crippen LogP contribution is -2.29. The van der Waals surface area contributed by atoms with Crippen LogP contribution in [0.4, 0.5) is 4.39 Å². The minimum Gasteiger partial charge on any atom is -0.335 e. The van der Waals surface area contributed by atoms with Gasteiger partial charge in [-0.2, -0.15) is 0 Å². The number of nitrogens with zero attached hydrogens (tertiary/aromatic N) is 2. The predicted molar refractivity (Wildman–Crippen MR) is 63.9 cm³/mol. The van der Waals surface area contributed by atoms with Crippen molar-refractivity contribution in [1.29, 1.82) is 0 Å². The van der Waals surface area contributed by atoms with Crippen LogP contribution in [-0.2, 0) is 0 Å². The van der Waals surface area contributed by atoms with Crippen LogP contribution in [0, 0.1) is 12.8 Å². The maximum Gasteiger partial charge on any atom is 0.255 e. The van der Waals surface area contributed by atoms with Gasteiger partial charge in [0.15, 0.2) is 0 Å². The summed E-state index contributed by atoms with van der Waals surface area (Å²) in [6, 6.07) is 1.64. The highest BCUT2D eigenvalue weighted by atomic mass is 35.5. The smallest absolute Gasteiger partial charge is 0.255 e. The van der Waals surface area contributed by atoms with Crippen LogP contribution in [0.15, 0.2) is 12.3 Å². The normalized spacial score (nSPS) is 24.1. The Balaban J connectivity index is 2.20. The van der Waals surface area contributed by atoms with Crippen LogP contribution in [0.3, 0.4) is 0 Å². The number of halogens is 2. The second-order valence-electron chi connectivity index (χ2n) is 4.53. The zero-order valence-electron chi connectivity index (χ0n) is 9.78. The van der Waals surface area contributed by atoms with E-state index in [1.54, 1.807) is 13.0 Å². The number of hydrogen-bond acceptors (Lipinski definition) is 2. The fourth-order valence-electron chi connectivity index (χ4n) is 2.01. The molecular formula is C12H14ClFN2O. The summed E-state index contributed by atoms with van der Waals surface area (Å²) in [6.07, 6.45) is 0.524. The van der Waals surface area contributed by atoms with E-state index in [4.69, 9.17) is 11.6 Å². The van der Waals surface area contributed by atoms with Gasteiger partial charge in [-0.05, 0) is 18.6 Å². The topological polar surface area (TPSA) is 33.2 Å². The first-order valence-corrected chi connectivity index (χ1v) is 5.92. The lowest BCUT2D eigenvalue weighted by molar-refractivity contribution is 0.0780. The van der Waals surface area contributed by atoms with Crippen LogP contribution < -0.4 is 0 Å². The fourth-order valence-corrected chi connectivity index (χ4v) is 2.22. The average Bonchev–Trinajstić information content (AvgIpc) is 2.58. The summed E-state index contributed by atoms with van der Waals surface area (Å²) >= 11 is 5.73. The van der Waals surface area contributed by atoms with E-state index in [9.17, 15) is 9.18 Å². The SMILES string of the molecule is Cc1cc(Cl)ncc1C(=O)N1CC(F)[C@H](C)C1. The Morgan fingerprint density at radius 2 is 2.29 bits per heavy atom. The molecule has 1 amide bonds. The molecule has 0 bridgehead atoms. The molecule has 1 fully saturated rings. The third-order valence-electron chi connectivity index (χ3n) is 3.12. The van der Waals surface area contributed by atoms with Gasteiger partial charge in [0.05, 0.1) is 12.1 Å². The molecule has 1 aromatic heterocycles. The summed E-state index contributed by atoms with van der Waals surface area (Å²) in [5.41, 5.74) is 1.26. The number of alkyl halides is 1. The number of likely N-dealkylation sites (tertiary alicyclic amines) is 1. The van der Waals surface area contributed by atoms with Gasteiger partial charge < -0.3 is 4.90 Å². The Kier molecular flexibility index (Phi) is 3.33. The molecule has 2 heterocycles. The molecule has 0 aromatic carbocycles. The van der Waals surface area contributed by atoms with Crippen molar-refractivity contribution in [1.82, 2.24) is 9.88 Å². The van der Waals surface area contributed by atoms with Crippen molar-refractivity contribution in [3.05, 3.63) is 28.5 Å². The van der Waals surface area contributed by atoms with Crippen molar-refractivity contribution in [2.75, 3.05) is 13.1 Å². The molecule has 2 rings (SSSR count). The molecule has 1 saturated heterocycles. The quantitative estimate of drug-likeness (QED) is 0.724. The fraction of sp³-hybridized carbons (Fsp3) is 0.500. The molecule has 0 N–H and O–H groups in total. The molecular weight excluding hydrogens is 243 g/mol. The van der Waals surface area contributed by atoms with Crippen LogP contribution >= 0.6 is 11.6 Å². The minimum absolute atomic E-state index is 0.0977. The van der Waals surface area contributed by atoms with E-state index in [2.05, 4.69) is 4.98 Å². The Hall–Kier alpha value is -1.16. The molecule has 1 aliphatic heterocycles. The lowest BCUT2D eigenvalue weighted by atomic mass is 10.1. The number of carbonyl (C=O) groups excluding carboxylic acids is 1. The van der Waals surface area contributed by atoms with Gasteiger partial charge in [0.1, 0.15) is 11.3 Å². The number of carbonyl (C=O) groups is 1. The molecule has 3 nitrogen and oxygen atoms in total. The molecule has 1 aromatic rings. The Morgan fingerprint density at radius 1 is 1.59 bits per heavy atom. The molecule has 0 aliphatic carbocycles. The molecule has 0 saturated carbocycles. The van der Waals surface area contributed by atoms with E-state index in [0.29, 0.717) is 17.3 Å². The monoisotopic (exact) mass is 256 g/mol. The largest absolute Gasteiger partial charge is 0.335 e. The van der Waals surface area contributed by atoms with E-state index in [-0.39, 0.29) is 18.4 Å². The van der Waals surface area contributed by atoms with Gasteiger partial charge in [-0.3, -0.25) is 4.79 Å². The highest BCUT2D eigenvalue weighted by Gasteiger charge is 2.33. The first-order valence-electron chi connectivity index (χ1n) is 5.54. The van der Waals surface area contributed by atoms with Gasteiger partial charge >= 0.3 is 0 Å². The highest BCUT2D eigenvalue weighted by molar-refractivity contribution is 6.29. The van der Waals surface area contributed by atoms with E-state index < -0.39 is 6.17 Å². The Labute approximate surface area is 105 Å². The maximum atomic E-state index is 13.4. The lowest BCUT2D eigenvalue weighted by Gasteiger charge is -2.16. The van der Waals surface area contributed by atoms with E-state index in [1.165, 1.54) is 11.1 Å². The van der Waals surface area contributed by atoms with E-state index in [1.807, 2.05) is 6.92 Å². The number of pyridine rings is 1. The predicted octanol–water partition coefficient (Wildman–Crippen LogP) is 2.47. The molecule has 0 radical (unpaired) electrons. The third kappa shape index (κ3) is 2.41. The summed E-state index contributed by atoms with van der Waals surface area (Å²) in [7, 11) is 0. The molecule has 0 spiro atoms. The summed E-state index contributed by atoms with van der Waals surface area (Å²) in [6.45, 7) is 4.24. The number of rotatable bonds is 1. The van der Waals surface area contributed by atoms with Gasteiger partial charge in [0.25, 0.3) is 5.91 Å².